The lowest BCUT2D eigenvalue weighted by Gasteiger charge is -2.13. The summed E-state index contributed by atoms with van der Waals surface area (Å²) in [4.78, 5) is -0.788. The molecule has 0 radical (unpaired) electrons. The molecule has 0 saturated carbocycles. The highest BCUT2D eigenvalue weighted by atomic mass is 35.5. The number of hydrogen-bond donors (Lipinski definition) is 0. The number of halogens is 6. The maximum absolute atomic E-state index is 12.7. The normalized spacial score (nSPS) is 12.0. The van der Waals surface area contributed by atoms with Gasteiger partial charge in [0.25, 0.3) is 0 Å². The van der Waals surface area contributed by atoms with Crippen molar-refractivity contribution in [2.45, 2.75) is 16.7 Å². The Morgan fingerprint density at radius 3 is 1.45 bits per heavy atom. The van der Waals surface area contributed by atoms with Crippen LogP contribution in [0, 0.1) is 6.92 Å². The van der Waals surface area contributed by atoms with Gasteiger partial charge in [0.1, 0.15) is 21.3 Å². The first-order valence-electron chi connectivity index (χ1n) is 8.50. The van der Waals surface area contributed by atoms with E-state index in [-0.39, 0.29) is 47.2 Å². The summed E-state index contributed by atoms with van der Waals surface area (Å²) in [7, 11) is -8.77. The fourth-order valence-corrected chi connectivity index (χ4v) is 6.36. The Bertz CT molecular complexity index is 1470. The third-order valence-electron chi connectivity index (χ3n) is 4.04. The van der Waals surface area contributed by atoms with Gasteiger partial charge in [-0.2, -0.15) is 16.8 Å². The van der Waals surface area contributed by atoms with Crippen LogP contribution >= 0.6 is 69.6 Å². The zero-order valence-corrected chi connectivity index (χ0v) is 22.2. The fourth-order valence-electron chi connectivity index (χ4n) is 2.49. The van der Waals surface area contributed by atoms with Crippen LogP contribution in [-0.2, 0) is 20.2 Å². The molecule has 3 aromatic rings. The van der Waals surface area contributed by atoms with Gasteiger partial charge in [0.15, 0.2) is 0 Å². The van der Waals surface area contributed by atoms with Crippen molar-refractivity contribution in [1.82, 2.24) is 0 Å². The van der Waals surface area contributed by atoms with Crippen LogP contribution in [0.15, 0.2) is 52.3 Å². The Balaban J connectivity index is 1.89. The smallest absolute Gasteiger partial charge is 0.340 e. The van der Waals surface area contributed by atoms with E-state index in [1.165, 1.54) is 37.3 Å². The monoisotopic (exact) mass is 608 g/mol. The van der Waals surface area contributed by atoms with Crippen LogP contribution in [0.5, 0.6) is 11.5 Å². The second-order valence-corrected chi connectivity index (χ2v) is 11.9. The lowest BCUT2D eigenvalue weighted by Crippen LogP contribution is -2.12. The number of benzene rings is 3. The van der Waals surface area contributed by atoms with E-state index in [1.54, 1.807) is 0 Å². The molecule has 0 heterocycles. The molecule has 0 amide bonds. The zero-order valence-electron chi connectivity index (χ0n) is 16.1. The summed E-state index contributed by atoms with van der Waals surface area (Å²) < 4.78 is 60.8. The highest BCUT2D eigenvalue weighted by Crippen LogP contribution is 2.36. The molecular formula is C19H10Cl6O6S2. The van der Waals surface area contributed by atoms with E-state index < -0.39 is 30.0 Å². The molecule has 176 valence electrons. The third kappa shape index (κ3) is 5.94. The van der Waals surface area contributed by atoms with E-state index in [4.69, 9.17) is 78.0 Å². The molecule has 14 heteroatoms. The molecule has 3 aromatic carbocycles. The van der Waals surface area contributed by atoms with Crippen molar-refractivity contribution in [3.63, 3.8) is 0 Å². The summed E-state index contributed by atoms with van der Waals surface area (Å²) in [6.07, 6.45) is 0. The molecule has 6 nitrogen and oxygen atoms in total. The van der Waals surface area contributed by atoms with E-state index in [0.29, 0.717) is 0 Å². The Kier molecular flexibility index (Phi) is 7.93. The van der Waals surface area contributed by atoms with Crippen LogP contribution in [0.1, 0.15) is 5.56 Å². The minimum absolute atomic E-state index is 0.0325. The molecule has 0 atom stereocenters. The van der Waals surface area contributed by atoms with Gasteiger partial charge in [0.2, 0.25) is 0 Å². The quantitative estimate of drug-likeness (QED) is 0.213. The van der Waals surface area contributed by atoms with E-state index in [0.717, 1.165) is 12.1 Å². The molecule has 0 unspecified atom stereocenters. The van der Waals surface area contributed by atoms with Crippen LogP contribution in [0.2, 0.25) is 30.1 Å². The van der Waals surface area contributed by atoms with Crippen molar-refractivity contribution in [2.24, 2.45) is 0 Å². The first-order chi connectivity index (χ1) is 15.2. The number of aryl methyl sites for hydroxylation is 1. The molecule has 0 spiro atoms. The Labute approximate surface area is 220 Å². The standard InChI is InChI=1S/C19H10Cl6O6S2/c1-9-4-10(30-32(26,27)18-7-13(22)11(20)5-15(18)24)2-3-17(9)31-33(28,29)19-8-14(23)12(21)6-16(19)25/h2-8H,1H3. The van der Waals surface area contributed by atoms with Gasteiger partial charge in [0, 0.05) is 0 Å². The molecule has 0 aliphatic rings. The summed E-state index contributed by atoms with van der Waals surface area (Å²) in [5.41, 5.74) is 0.239. The van der Waals surface area contributed by atoms with E-state index >= 15 is 0 Å². The SMILES string of the molecule is Cc1cc(OS(=O)(=O)c2cc(Cl)c(Cl)cc2Cl)ccc1OS(=O)(=O)c1cc(Cl)c(Cl)cc1Cl. The van der Waals surface area contributed by atoms with Gasteiger partial charge in [0.05, 0.1) is 30.1 Å². The van der Waals surface area contributed by atoms with Crippen LogP contribution in [0.4, 0.5) is 0 Å². The van der Waals surface area contributed by atoms with Crippen molar-refractivity contribution < 1.29 is 25.2 Å². The van der Waals surface area contributed by atoms with Gasteiger partial charge in [-0.05, 0) is 55.0 Å². The predicted molar refractivity (Wildman–Crippen MR) is 130 cm³/mol. The first kappa shape index (κ1) is 26.5. The molecule has 0 N–H and O–H groups in total. The maximum atomic E-state index is 12.7. The van der Waals surface area contributed by atoms with Gasteiger partial charge in [-0.1, -0.05) is 69.6 Å². The van der Waals surface area contributed by atoms with Crippen LogP contribution in [0.25, 0.3) is 0 Å². The summed E-state index contributed by atoms with van der Waals surface area (Å²) >= 11 is 35.3. The fraction of sp³-hybridized carbons (Fsp3) is 0.0526. The molecule has 0 saturated heterocycles. The Morgan fingerprint density at radius 1 is 0.576 bits per heavy atom. The Morgan fingerprint density at radius 2 is 1.00 bits per heavy atom. The van der Waals surface area contributed by atoms with Crippen molar-refractivity contribution >= 4 is 89.8 Å². The minimum Gasteiger partial charge on any atom is -0.379 e. The zero-order chi connectivity index (χ0) is 24.7. The highest BCUT2D eigenvalue weighted by Gasteiger charge is 2.25. The topological polar surface area (TPSA) is 86.7 Å². The average molecular weight is 611 g/mol. The summed E-state index contributed by atoms with van der Waals surface area (Å²) in [5.74, 6) is -0.235. The van der Waals surface area contributed by atoms with Gasteiger partial charge in [-0.3, -0.25) is 0 Å². The summed E-state index contributed by atoms with van der Waals surface area (Å²) in [6, 6.07) is 8.11. The van der Waals surface area contributed by atoms with E-state index in [1.807, 2.05) is 0 Å². The van der Waals surface area contributed by atoms with Crippen LogP contribution in [0.3, 0.4) is 0 Å². The van der Waals surface area contributed by atoms with Crippen molar-refractivity contribution in [2.75, 3.05) is 0 Å². The van der Waals surface area contributed by atoms with Crippen LogP contribution in [-0.4, -0.2) is 16.8 Å². The molecule has 0 bridgehead atoms. The molecule has 0 fully saturated rings. The van der Waals surface area contributed by atoms with Crippen molar-refractivity contribution in [3.8, 4) is 11.5 Å². The second-order valence-electron chi connectivity index (χ2n) is 6.40. The second kappa shape index (κ2) is 9.87. The lowest BCUT2D eigenvalue weighted by atomic mass is 10.2. The van der Waals surface area contributed by atoms with Gasteiger partial charge in [-0.15, -0.1) is 0 Å². The summed E-state index contributed by atoms with van der Waals surface area (Å²) in [5, 5.41) is -0.302. The van der Waals surface area contributed by atoms with E-state index in [2.05, 4.69) is 0 Å². The molecule has 0 aliphatic heterocycles. The molecule has 0 aromatic heterocycles. The minimum atomic E-state index is -4.39. The highest BCUT2D eigenvalue weighted by molar-refractivity contribution is 7.87. The number of rotatable bonds is 6. The van der Waals surface area contributed by atoms with Gasteiger partial charge in [-0.25, -0.2) is 0 Å². The molecular weight excluding hydrogens is 601 g/mol. The maximum Gasteiger partial charge on any atom is 0.340 e. The third-order valence-corrected chi connectivity index (χ3v) is 8.90. The predicted octanol–water partition coefficient (Wildman–Crippen LogP) is 7.45. The van der Waals surface area contributed by atoms with Crippen molar-refractivity contribution in [1.29, 1.82) is 0 Å². The van der Waals surface area contributed by atoms with Crippen molar-refractivity contribution in [3.05, 3.63) is 78.2 Å². The van der Waals surface area contributed by atoms with Gasteiger partial charge >= 0.3 is 20.2 Å². The van der Waals surface area contributed by atoms with Crippen LogP contribution < -0.4 is 8.37 Å². The number of hydrogen-bond acceptors (Lipinski definition) is 6. The molecule has 33 heavy (non-hydrogen) atoms. The molecule has 3 rings (SSSR count). The Hall–Kier alpha value is -1.10. The average Bonchev–Trinajstić information content (AvgIpc) is 2.69. The first-order valence-corrected chi connectivity index (χ1v) is 13.6. The summed E-state index contributed by atoms with van der Waals surface area (Å²) in [6.45, 7) is 1.48. The largest absolute Gasteiger partial charge is 0.379 e. The lowest BCUT2D eigenvalue weighted by molar-refractivity contribution is 0.476. The van der Waals surface area contributed by atoms with Gasteiger partial charge < -0.3 is 8.37 Å². The van der Waals surface area contributed by atoms with E-state index in [9.17, 15) is 16.8 Å². The molecule has 0 aliphatic carbocycles.